The van der Waals surface area contributed by atoms with Gasteiger partial charge in [0.1, 0.15) is 5.52 Å². The number of nitrogens with one attached hydrogen (secondary N) is 1. The smallest absolute Gasteiger partial charge is 0.209 e. The molecular weight excluding hydrogens is 366 g/mol. The molecule has 0 unspecified atom stereocenters. The maximum Gasteiger partial charge on any atom is 0.209 e. The largest absolute Gasteiger partial charge is 0.383 e. The van der Waals surface area contributed by atoms with Gasteiger partial charge in [-0.25, -0.2) is 18.1 Å². The molecule has 0 saturated heterocycles. The molecule has 0 aliphatic carbocycles. The van der Waals surface area contributed by atoms with E-state index in [9.17, 15) is 8.42 Å². The lowest BCUT2D eigenvalue weighted by Gasteiger charge is -2.25. The number of nitrogen functional groups attached to an aromatic ring is 1. The predicted octanol–water partition coefficient (Wildman–Crippen LogP) is 1.68. The van der Waals surface area contributed by atoms with Crippen molar-refractivity contribution < 1.29 is 13.2 Å². The summed E-state index contributed by atoms with van der Waals surface area (Å²) < 4.78 is 33.3. The fourth-order valence-electron chi connectivity index (χ4n) is 3.42. The van der Waals surface area contributed by atoms with Gasteiger partial charge in [0.2, 0.25) is 10.0 Å². The van der Waals surface area contributed by atoms with Gasteiger partial charge < -0.3 is 10.5 Å². The number of benzene rings is 1. The van der Waals surface area contributed by atoms with Gasteiger partial charge in [-0.3, -0.25) is 4.68 Å². The molecule has 0 aliphatic rings. The summed E-state index contributed by atoms with van der Waals surface area (Å²) in [4.78, 5) is 4.45. The molecule has 2 heterocycles. The Bertz CT molecular complexity index is 1090. The van der Waals surface area contributed by atoms with Crippen molar-refractivity contribution in [3.05, 3.63) is 30.0 Å². The molecule has 27 heavy (non-hydrogen) atoms. The zero-order chi connectivity index (χ0) is 19.8. The van der Waals surface area contributed by atoms with Gasteiger partial charge in [0.15, 0.2) is 5.82 Å². The Labute approximate surface area is 158 Å². The van der Waals surface area contributed by atoms with Gasteiger partial charge in [-0.05, 0) is 19.9 Å². The minimum absolute atomic E-state index is 0.356. The van der Waals surface area contributed by atoms with Crippen LogP contribution in [0.1, 0.15) is 19.5 Å². The third-order valence-corrected chi connectivity index (χ3v) is 5.22. The van der Waals surface area contributed by atoms with E-state index in [1.54, 1.807) is 7.11 Å². The fraction of sp³-hybridized carbons (Fsp3) is 0.444. The number of sulfonamides is 1. The van der Waals surface area contributed by atoms with Crippen molar-refractivity contribution in [2.45, 2.75) is 32.4 Å². The van der Waals surface area contributed by atoms with Crippen LogP contribution in [0.4, 0.5) is 5.82 Å². The number of nitrogens with zero attached hydrogens (tertiary/aromatic N) is 3. The number of hydrogen-bond donors (Lipinski definition) is 2. The molecule has 0 fully saturated rings. The maximum atomic E-state index is 11.8. The molecule has 3 rings (SSSR count). The summed E-state index contributed by atoms with van der Waals surface area (Å²) in [5.74, 6) is 0.356. The summed E-state index contributed by atoms with van der Waals surface area (Å²) in [5, 5.41) is 6.49. The van der Waals surface area contributed by atoms with Crippen LogP contribution < -0.4 is 10.5 Å². The van der Waals surface area contributed by atoms with Crippen molar-refractivity contribution in [2.24, 2.45) is 0 Å². The molecule has 2 aromatic heterocycles. The molecule has 0 aliphatic heterocycles. The summed E-state index contributed by atoms with van der Waals surface area (Å²) in [7, 11) is -1.73. The van der Waals surface area contributed by atoms with Gasteiger partial charge in [0.05, 0.1) is 24.9 Å². The van der Waals surface area contributed by atoms with Gasteiger partial charge in [0.25, 0.3) is 0 Å². The minimum atomic E-state index is -3.36. The second-order valence-electron chi connectivity index (χ2n) is 7.34. The minimum Gasteiger partial charge on any atom is -0.383 e. The monoisotopic (exact) mass is 391 g/mol. The zero-order valence-corrected chi connectivity index (χ0v) is 16.8. The van der Waals surface area contributed by atoms with Gasteiger partial charge in [0, 0.05) is 35.5 Å². The van der Waals surface area contributed by atoms with E-state index in [-0.39, 0.29) is 0 Å². The number of nitrogens with two attached hydrogens (primary N) is 1. The number of anilines is 1. The number of para-hydroxylation sites is 1. The number of methoxy groups -OCH3 is 1. The van der Waals surface area contributed by atoms with E-state index in [1.165, 1.54) is 0 Å². The van der Waals surface area contributed by atoms with Crippen LogP contribution in [0.15, 0.2) is 24.3 Å². The van der Waals surface area contributed by atoms with Crippen LogP contribution in [0.3, 0.4) is 0 Å². The molecule has 0 amide bonds. The Balaban J connectivity index is 2.24. The first-order chi connectivity index (χ1) is 12.6. The molecule has 3 N–H and O–H groups in total. The van der Waals surface area contributed by atoms with E-state index in [0.29, 0.717) is 30.9 Å². The Morgan fingerprint density at radius 1 is 1.30 bits per heavy atom. The van der Waals surface area contributed by atoms with Crippen LogP contribution in [-0.2, 0) is 27.7 Å². The quantitative estimate of drug-likeness (QED) is 0.634. The average Bonchev–Trinajstić information content (AvgIpc) is 2.89. The highest BCUT2D eigenvalue weighted by Crippen LogP contribution is 2.32. The Morgan fingerprint density at radius 3 is 2.67 bits per heavy atom. The molecule has 3 aromatic rings. The summed E-state index contributed by atoms with van der Waals surface area (Å²) >= 11 is 0. The molecule has 0 radical (unpaired) electrons. The van der Waals surface area contributed by atoms with E-state index in [4.69, 9.17) is 10.5 Å². The molecule has 146 valence electrons. The SMILES string of the molecule is COCCn1nc2c(N)nc3ccccc3c2c1CC(C)(C)NS(C)(=O)=O. The number of fused-ring (bicyclic) bond motifs is 3. The highest BCUT2D eigenvalue weighted by atomic mass is 32.2. The Morgan fingerprint density at radius 2 is 2.00 bits per heavy atom. The van der Waals surface area contributed by atoms with Crippen molar-refractivity contribution in [1.29, 1.82) is 0 Å². The van der Waals surface area contributed by atoms with Crippen molar-refractivity contribution >= 4 is 37.6 Å². The molecule has 0 bridgehead atoms. The molecule has 0 saturated carbocycles. The lowest BCUT2D eigenvalue weighted by molar-refractivity contribution is 0.182. The molecule has 9 heteroatoms. The van der Waals surface area contributed by atoms with Crippen molar-refractivity contribution in [3.63, 3.8) is 0 Å². The number of pyridine rings is 1. The summed E-state index contributed by atoms with van der Waals surface area (Å²) in [5.41, 5.74) is 7.76. The van der Waals surface area contributed by atoms with Gasteiger partial charge in [-0.2, -0.15) is 5.10 Å². The van der Waals surface area contributed by atoms with Gasteiger partial charge in [-0.1, -0.05) is 18.2 Å². The van der Waals surface area contributed by atoms with Crippen molar-refractivity contribution in [1.82, 2.24) is 19.5 Å². The predicted molar refractivity (Wildman–Crippen MR) is 107 cm³/mol. The second-order valence-corrected chi connectivity index (χ2v) is 9.08. The van der Waals surface area contributed by atoms with Gasteiger partial charge >= 0.3 is 0 Å². The zero-order valence-electron chi connectivity index (χ0n) is 16.0. The highest BCUT2D eigenvalue weighted by molar-refractivity contribution is 7.88. The van der Waals surface area contributed by atoms with Crippen LogP contribution >= 0.6 is 0 Å². The van der Waals surface area contributed by atoms with Crippen LogP contribution in [-0.4, -0.2) is 48.7 Å². The standard InChI is InChI=1S/C18H25N5O3S/c1-18(2,22-27(4,24)25)11-14-15-12-7-5-6-8-13(12)20-17(19)16(15)21-23(14)9-10-26-3/h5-8,22H,9-11H2,1-4H3,(H2,19,20). The van der Waals surface area contributed by atoms with E-state index in [1.807, 2.05) is 42.8 Å². The summed E-state index contributed by atoms with van der Waals surface area (Å²) in [6.07, 6.45) is 1.60. The first kappa shape index (κ1) is 19.5. The van der Waals surface area contributed by atoms with E-state index in [2.05, 4.69) is 14.8 Å². The van der Waals surface area contributed by atoms with E-state index < -0.39 is 15.6 Å². The first-order valence-corrected chi connectivity index (χ1v) is 10.5. The van der Waals surface area contributed by atoms with E-state index in [0.717, 1.165) is 28.2 Å². The second kappa shape index (κ2) is 7.06. The average molecular weight is 391 g/mol. The van der Waals surface area contributed by atoms with E-state index >= 15 is 0 Å². The summed E-state index contributed by atoms with van der Waals surface area (Å²) in [6.45, 7) is 4.70. The molecule has 0 spiro atoms. The number of rotatable bonds is 7. The first-order valence-electron chi connectivity index (χ1n) is 8.63. The fourth-order valence-corrected chi connectivity index (χ4v) is 4.50. The third-order valence-electron chi connectivity index (χ3n) is 4.29. The van der Waals surface area contributed by atoms with Crippen LogP contribution in [0.5, 0.6) is 0 Å². The lowest BCUT2D eigenvalue weighted by atomic mass is 9.96. The van der Waals surface area contributed by atoms with Crippen molar-refractivity contribution in [3.8, 4) is 0 Å². The highest BCUT2D eigenvalue weighted by Gasteiger charge is 2.27. The molecule has 8 nitrogen and oxygen atoms in total. The number of ether oxygens (including phenoxy) is 1. The molecular formula is C18H25N5O3S. The molecule has 1 aromatic carbocycles. The topological polar surface area (TPSA) is 112 Å². The lowest BCUT2D eigenvalue weighted by Crippen LogP contribution is -2.45. The normalized spacial score (nSPS) is 12.9. The van der Waals surface area contributed by atoms with Crippen LogP contribution in [0, 0.1) is 0 Å². The maximum absolute atomic E-state index is 11.8. The third kappa shape index (κ3) is 4.20. The van der Waals surface area contributed by atoms with Crippen LogP contribution in [0.2, 0.25) is 0 Å². The Kier molecular flexibility index (Phi) is 5.11. The molecule has 0 atom stereocenters. The van der Waals surface area contributed by atoms with Crippen molar-refractivity contribution in [2.75, 3.05) is 25.7 Å². The number of aromatic nitrogens is 3. The van der Waals surface area contributed by atoms with Crippen LogP contribution in [0.25, 0.3) is 21.8 Å². The Hall–Kier alpha value is -2.23. The van der Waals surface area contributed by atoms with Gasteiger partial charge in [-0.15, -0.1) is 0 Å². The number of hydrogen-bond acceptors (Lipinski definition) is 6. The summed E-state index contributed by atoms with van der Waals surface area (Å²) in [6, 6.07) is 7.73.